The summed E-state index contributed by atoms with van der Waals surface area (Å²) in [5.41, 5.74) is 5.68. The maximum absolute atomic E-state index is 13.3. The van der Waals surface area contributed by atoms with Crippen LogP contribution in [0.3, 0.4) is 0 Å². The van der Waals surface area contributed by atoms with Crippen molar-refractivity contribution >= 4 is 63.7 Å². The fourth-order valence-electron chi connectivity index (χ4n) is 9.28. The van der Waals surface area contributed by atoms with Crippen molar-refractivity contribution in [2.45, 2.75) is 38.8 Å². The van der Waals surface area contributed by atoms with Crippen LogP contribution in [0.1, 0.15) is 79.5 Å². The number of amides is 7. The van der Waals surface area contributed by atoms with Crippen molar-refractivity contribution in [2.24, 2.45) is 5.92 Å². The molecule has 0 saturated carbocycles. The summed E-state index contributed by atoms with van der Waals surface area (Å²) in [5, 5.41) is 15.1. The van der Waals surface area contributed by atoms with E-state index in [0.717, 1.165) is 85.3 Å². The van der Waals surface area contributed by atoms with Crippen LogP contribution in [0.2, 0.25) is 0 Å². The number of pyridine rings is 1. The Bertz CT molecular complexity index is 2640. The summed E-state index contributed by atoms with van der Waals surface area (Å²) in [4.78, 5) is 87.8. The molecule has 62 heavy (non-hydrogen) atoms. The third kappa shape index (κ3) is 7.29. The van der Waals surface area contributed by atoms with E-state index in [2.05, 4.69) is 65.0 Å². The van der Waals surface area contributed by atoms with Gasteiger partial charge in [0.05, 0.1) is 42.1 Å². The van der Waals surface area contributed by atoms with Crippen LogP contribution >= 0.6 is 0 Å². The molecule has 1 atom stereocenters. The van der Waals surface area contributed by atoms with Gasteiger partial charge >= 0.3 is 6.03 Å². The molecule has 0 bridgehead atoms. The fourth-order valence-corrected chi connectivity index (χ4v) is 9.28. The SMILES string of the molecule is C[C@@H]1CNC(=O)c2cc3ccc(C(=O)Nc4cnn(Cc5ccc(N6CCN(CC7CCN(c8ccc9c(c8)C(=O)N(N8CCC(=O)NC8=O)C9=O)CC7)CC6)cc5)c4)nc3n21. The normalized spacial score (nSPS) is 19.8. The van der Waals surface area contributed by atoms with E-state index in [0.29, 0.717) is 36.0 Å². The first kappa shape index (κ1) is 39.1. The van der Waals surface area contributed by atoms with Crippen molar-refractivity contribution in [2.75, 3.05) is 74.0 Å². The molecule has 8 heterocycles. The van der Waals surface area contributed by atoms with Crippen molar-refractivity contribution in [3.05, 3.63) is 101 Å². The highest BCUT2D eigenvalue weighted by atomic mass is 16.2. The molecular weight excluding hydrogens is 793 g/mol. The zero-order chi connectivity index (χ0) is 42.6. The Balaban J connectivity index is 0.677. The summed E-state index contributed by atoms with van der Waals surface area (Å²) in [7, 11) is 0. The summed E-state index contributed by atoms with van der Waals surface area (Å²) in [6, 6.07) is 18.4. The van der Waals surface area contributed by atoms with Gasteiger partial charge in [0.2, 0.25) is 5.91 Å². The minimum atomic E-state index is -0.771. The zero-order valence-corrected chi connectivity index (χ0v) is 34.2. The van der Waals surface area contributed by atoms with Gasteiger partial charge in [-0.15, -0.1) is 0 Å². The Morgan fingerprint density at radius 3 is 2.34 bits per heavy atom. The first-order valence-corrected chi connectivity index (χ1v) is 21.2. The summed E-state index contributed by atoms with van der Waals surface area (Å²) in [6.07, 6.45) is 5.49. The predicted octanol–water partition coefficient (Wildman–Crippen LogP) is 3.33. The van der Waals surface area contributed by atoms with E-state index < -0.39 is 23.8 Å². The van der Waals surface area contributed by atoms with Gasteiger partial charge in [0.1, 0.15) is 17.0 Å². The highest BCUT2D eigenvalue weighted by molar-refractivity contribution is 6.22. The number of nitrogens with one attached hydrogen (secondary N) is 3. The number of anilines is 3. The molecule has 0 radical (unpaired) electrons. The van der Waals surface area contributed by atoms with Crippen LogP contribution in [0.4, 0.5) is 21.9 Å². The number of nitrogens with zero attached hydrogens (tertiary/aromatic N) is 9. The maximum atomic E-state index is 13.3. The van der Waals surface area contributed by atoms with E-state index >= 15 is 0 Å². The first-order chi connectivity index (χ1) is 30.1. The number of carbonyl (C=O) groups excluding carboxylic acids is 6. The smallest absolute Gasteiger partial charge is 0.343 e. The van der Waals surface area contributed by atoms with Gasteiger partial charge < -0.3 is 25.0 Å². The number of hydrogen-bond acceptors (Lipinski definition) is 11. The van der Waals surface area contributed by atoms with E-state index in [-0.39, 0.29) is 47.6 Å². The molecule has 18 heteroatoms. The number of rotatable bonds is 9. The molecule has 3 saturated heterocycles. The number of urea groups is 1. The van der Waals surface area contributed by atoms with Gasteiger partial charge in [-0.05, 0) is 79.8 Å². The summed E-state index contributed by atoms with van der Waals surface area (Å²) in [5.74, 6) is -1.47. The number of fused-ring (bicyclic) bond motifs is 4. The van der Waals surface area contributed by atoms with Gasteiger partial charge in [0, 0.05) is 81.7 Å². The van der Waals surface area contributed by atoms with Crippen molar-refractivity contribution in [3.8, 4) is 0 Å². The van der Waals surface area contributed by atoms with Crippen LogP contribution < -0.4 is 25.8 Å². The molecule has 0 unspecified atom stereocenters. The quantitative estimate of drug-likeness (QED) is 0.185. The van der Waals surface area contributed by atoms with E-state index in [4.69, 9.17) is 0 Å². The first-order valence-electron chi connectivity index (χ1n) is 21.2. The monoisotopic (exact) mass is 838 g/mol. The average Bonchev–Trinajstić information content (AvgIpc) is 3.97. The summed E-state index contributed by atoms with van der Waals surface area (Å²) < 4.78 is 3.68. The van der Waals surface area contributed by atoms with Crippen LogP contribution in [-0.2, 0) is 11.3 Å². The van der Waals surface area contributed by atoms with Crippen LogP contribution in [0.25, 0.3) is 11.0 Å². The second-order valence-corrected chi connectivity index (χ2v) is 16.7. The van der Waals surface area contributed by atoms with Crippen molar-refractivity contribution in [3.63, 3.8) is 0 Å². The number of aromatic nitrogens is 4. The summed E-state index contributed by atoms with van der Waals surface area (Å²) >= 11 is 0. The van der Waals surface area contributed by atoms with Gasteiger partial charge in [-0.25, -0.2) is 14.8 Å². The molecule has 0 aliphatic carbocycles. The van der Waals surface area contributed by atoms with E-state index in [1.54, 1.807) is 41.3 Å². The van der Waals surface area contributed by atoms with Gasteiger partial charge in [0.15, 0.2) is 0 Å². The van der Waals surface area contributed by atoms with Crippen LogP contribution in [0.15, 0.2) is 73.1 Å². The molecule has 3 N–H and O–H groups in total. The molecule has 3 aromatic heterocycles. The molecule has 3 fully saturated rings. The molecule has 5 aliphatic rings. The second kappa shape index (κ2) is 15.7. The molecule has 10 rings (SSSR count). The molecular formula is C44H46N12O6. The zero-order valence-electron chi connectivity index (χ0n) is 34.2. The highest BCUT2D eigenvalue weighted by Gasteiger charge is 2.43. The van der Waals surface area contributed by atoms with Crippen molar-refractivity contribution in [1.29, 1.82) is 0 Å². The third-order valence-corrected chi connectivity index (χ3v) is 12.7. The predicted molar refractivity (Wildman–Crippen MR) is 228 cm³/mol. The Morgan fingerprint density at radius 2 is 1.56 bits per heavy atom. The molecule has 18 nitrogen and oxygen atoms in total. The van der Waals surface area contributed by atoms with Gasteiger partial charge in [-0.2, -0.15) is 10.1 Å². The topological polar surface area (TPSA) is 190 Å². The number of hydrogen-bond donors (Lipinski definition) is 3. The lowest BCUT2D eigenvalue weighted by molar-refractivity contribution is -0.122. The Kier molecular flexibility index (Phi) is 9.93. The number of piperazine rings is 1. The average molecular weight is 839 g/mol. The Labute approximate surface area is 356 Å². The molecule has 2 aromatic carbocycles. The van der Waals surface area contributed by atoms with Crippen LogP contribution in [0, 0.1) is 5.92 Å². The standard InChI is InChI=1S/C44H46N12O6/c1-27-22-45-41(59)37-20-30-4-9-36(48-39(30)55(27)37)40(58)47-31-23-46-53(26-31)25-28-2-5-32(6-3-28)52-18-16-50(17-19-52)24-29-10-13-51(14-11-29)33-7-8-34-35(21-33)43(61)56(42(34)60)54-15-12-38(57)49-44(54)62/h2-9,20-21,23,26-27,29H,10-19,22,24-25H2,1H3,(H,45,59)(H,47,58)(H,49,57,62)/t27-/m1/s1. The molecule has 5 aromatic rings. The number of imide groups is 2. The summed E-state index contributed by atoms with van der Waals surface area (Å²) in [6.45, 7) is 9.63. The lowest BCUT2D eigenvalue weighted by Crippen LogP contribution is -2.58. The van der Waals surface area contributed by atoms with E-state index in [1.807, 2.05) is 23.6 Å². The maximum Gasteiger partial charge on any atom is 0.343 e. The highest BCUT2D eigenvalue weighted by Crippen LogP contribution is 2.32. The Hall–Kier alpha value is -7.08. The van der Waals surface area contributed by atoms with E-state index in [1.165, 1.54) is 5.69 Å². The third-order valence-electron chi connectivity index (χ3n) is 12.7. The van der Waals surface area contributed by atoms with Crippen LogP contribution in [-0.4, -0.2) is 129 Å². The molecule has 318 valence electrons. The van der Waals surface area contributed by atoms with Crippen molar-refractivity contribution < 1.29 is 28.8 Å². The second-order valence-electron chi connectivity index (χ2n) is 16.7. The van der Waals surface area contributed by atoms with Crippen LogP contribution in [0.5, 0.6) is 0 Å². The lowest BCUT2D eigenvalue weighted by Gasteiger charge is -2.40. The van der Waals surface area contributed by atoms with Gasteiger partial charge in [0.25, 0.3) is 23.6 Å². The lowest BCUT2D eigenvalue weighted by atomic mass is 9.95. The largest absolute Gasteiger partial charge is 0.371 e. The van der Waals surface area contributed by atoms with Gasteiger partial charge in [-0.3, -0.25) is 38.9 Å². The molecule has 5 aliphatic heterocycles. The number of piperidine rings is 1. The van der Waals surface area contributed by atoms with Crippen molar-refractivity contribution in [1.82, 2.24) is 44.9 Å². The number of benzene rings is 2. The molecule has 7 amide bonds. The molecule has 0 spiro atoms. The van der Waals surface area contributed by atoms with Gasteiger partial charge in [-0.1, -0.05) is 12.1 Å². The number of hydrazine groups is 1. The Morgan fingerprint density at radius 1 is 0.823 bits per heavy atom. The minimum Gasteiger partial charge on any atom is -0.371 e. The fraction of sp³-hybridized carbons (Fsp3) is 0.364. The van der Waals surface area contributed by atoms with E-state index in [9.17, 15) is 28.8 Å². The minimum absolute atomic E-state index is 0.0195. The number of carbonyl (C=O) groups is 6.